The molecule has 5 rings (SSSR count). The Kier molecular flexibility index (Phi) is 6.50. The molecule has 2 aliphatic rings. The molecule has 36 heavy (non-hydrogen) atoms. The van der Waals surface area contributed by atoms with Gasteiger partial charge in [0, 0.05) is 41.7 Å². The van der Waals surface area contributed by atoms with Crippen molar-refractivity contribution in [1.29, 1.82) is 0 Å². The number of aromatic nitrogens is 2. The number of fused-ring (bicyclic) bond motifs is 2. The average Bonchev–Trinajstić information content (AvgIpc) is 2.87. The predicted molar refractivity (Wildman–Crippen MR) is 129 cm³/mol. The number of rotatable bonds is 3. The first-order chi connectivity index (χ1) is 17.3. The smallest absolute Gasteiger partial charge is 0.413 e. The summed E-state index contributed by atoms with van der Waals surface area (Å²) in [5, 5.41) is 12.9. The second-order valence-electron chi connectivity index (χ2n) is 8.42. The topological polar surface area (TPSA) is 123 Å². The van der Waals surface area contributed by atoms with Crippen molar-refractivity contribution in [2.75, 3.05) is 36.6 Å². The van der Waals surface area contributed by atoms with Crippen molar-refractivity contribution >= 4 is 46.1 Å². The fourth-order valence-corrected chi connectivity index (χ4v) is 4.63. The van der Waals surface area contributed by atoms with Gasteiger partial charge < -0.3 is 19.3 Å². The van der Waals surface area contributed by atoms with Crippen molar-refractivity contribution in [3.05, 3.63) is 40.9 Å². The number of hydrogen-bond acceptors (Lipinski definition) is 7. The van der Waals surface area contributed by atoms with E-state index in [1.165, 1.54) is 12.4 Å². The van der Waals surface area contributed by atoms with Crippen molar-refractivity contribution in [3.63, 3.8) is 0 Å². The van der Waals surface area contributed by atoms with Gasteiger partial charge in [-0.2, -0.15) is 0 Å². The van der Waals surface area contributed by atoms with Gasteiger partial charge in [-0.15, -0.1) is 0 Å². The molecular weight excluding hydrogens is 495 g/mol. The van der Waals surface area contributed by atoms with E-state index in [4.69, 9.17) is 25.8 Å². The molecule has 0 aliphatic carbocycles. The molecule has 1 fully saturated rings. The highest BCUT2D eigenvalue weighted by Crippen LogP contribution is 2.41. The number of carbonyl (C=O) groups is 2. The van der Waals surface area contributed by atoms with Gasteiger partial charge in [-0.25, -0.2) is 23.9 Å². The molecule has 1 aromatic carbocycles. The van der Waals surface area contributed by atoms with E-state index < -0.39 is 18.0 Å². The normalized spacial score (nSPS) is 15.8. The second kappa shape index (κ2) is 9.75. The van der Waals surface area contributed by atoms with Crippen LogP contribution in [0.15, 0.2) is 24.5 Å². The van der Waals surface area contributed by atoms with Gasteiger partial charge in [0.05, 0.1) is 24.8 Å². The van der Waals surface area contributed by atoms with E-state index in [-0.39, 0.29) is 47.2 Å². The van der Waals surface area contributed by atoms with Crippen LogP contribution in [-0.4, -0.2) is 59.7 Å². The molecule has 2 N–H and O–H groups in total. The van der Waals surface area contributed by atoms with Crippen LogP contribution in [0.1, 0.15) is 18.4 Å². The number of halogens is 2. The Morgan fingerprint density at radius 3 is 2.72 bits per heavy atom. The fraction of sp³-hybridized carbons (Fsp3) is 0.333. The van der Waals surface area contributed by atoms with Gasteiger partial charge in [0.15, 0.2) is 0 Å². The number of anilines is 2. The van der Waals surface area contributed by atoms with Crippen molar-refractivity contribution in [1.82, 2.24) is 9.97 Å². The summed E-state index contributed by atoms with van der Waals surface area (Å²) in [7, 11) is 0. The Labute approximate surface area is 209 Å². The molecule has 2 aliphatic heterocycles. The van der Waals surface area contributed by atoms with Gasteiger partial charge in [-0.05, 0) is 30.0 Å². The molecule has 10 nitrogen and oxygen atoms in total. The maximum absolute atomic E-state index is 15.4. The molecule has 188 valence electrons. The highest BCUT2D eigenvalue weighted by molar-refractivity contribution is 6.36. The molecule has 0 radical (unpaired) electrons. The molecule has 4 heterocycles. The molecule has 0 atom stereocenters. The summed E-state index contributed by atoms with van der Waals surface area (Å²) in [6, 6.07) is 3.11. The summed E-state index contributed by atoms with van der Waals surface area (Å²) >= 11 is 6.35. The van der Waals surface area contributed by atoms with Crippen LogP contribution in [0, 0.1) is 12.7 Å². The summed E-state index contributed by atoms with van der Waals surface area (Å²) in [4.78, 5) is 33.6. The number of nitrogens with one attached hydrogen (secondary N) is 1. The molecule has 2 amide bonds. The fourth-order valence-electron chi connectivity index (χ4n) is 4.37. The number of carboxylic acid groups (broad SMARTS) is 1. The monoisotopic (exact) mass is 516 g/mol. The van der Waals surface area contributed by atoms with Crippen LogP contribution in [-0.2, 0) is 9.47 Å². The summed E-state index contributed by atoms with van der Waals surface area (Å²) in [5.41, 5.74) is 1.22. The summed E-state index contributed by atoms with van der Waals surface area (Å²) < 4.78 is 31.6. The minimum Gasteiger partial charge on any atom is -0.474 e. The average molecular weight is 517 g/mol. The second-order valence-corrected chi connectivity index (χ2v) is 8.80. The molecule has 12 heteroatoms. The van der Waals surface area contributed by atoms with Gasteiger partial charge in [-0.3, -0.25) is 10.2 Å². The van der Waals surface area contributed by atoms with E-state index in [1.807, 2.05) is 0 Å². The molecule has 3 aromatic rings. The lowest BCUT2D eigenvalue weighted by atomic mass is 9.97. The van der Waals surface area contributed by atoms with Gasteiger partial charge >= 0.3 is 12.2 Å². The molecule has 2 aromatic heterocycles. The minimum absolute atomic E-state index is 0.123. The van der Waals surface area contributed by atoms with Crippen LogP contribution in [0.4, 0.5) is 25.5 Å². The largest absolute Gasteiger partial charge is 0.474 e. The van der Waals surface area contributed by atoms with E-state index in [9.17, 15) is 14.7 Å². The Morgan fingerprint density at radius 2 is 1.97 bits per heavy atom. The van der Waals surface area contributed by atoms with E-state index in [0.717, 1.165) is 4.90 Å². The number of ether oxygens (including phenoxy) is 3. The van der Waals surface area contributed by atoms with Crippen LogP contribution in [0.25, 0.3) is 21.9 Å². The molecule has 1 saturated heterocycles. The maximum atomic E-state index is 15.4. The van der Waals surface area contributed by atoms with Gasteiger partial charge in [0.25, 0.3) is 0 Å². The number of nitrogens with zero attached hydrogens (tertiary/aromatic N) is 3. The molecule has 0 saturated carbocycles. The maximum Gasteiger partial charge on any atom is 0.413 e. The molecule has 0 unspecified atom stereocenters. The summed E-state index contributed by atoms with van der Waals surface area (Å²) in [6.07, 6.45) is 1.99. The van der Waals surface area contributed by atoms with Crippen LogP contribution >= 0.6 is 11.6 Å². The van der Waals surface area contributed by atoms with Gasteiger partial charge in [0.2, 0.25) is 5.88 Å². The number of carbonyl (C=O) groups excluding carboxylic acids is 1. The third kappa shape index (κ3) is 4.47. The zero-order valence-electron chi connectivity index (χ0n) is 19.2. The number of amides is 2. The Hall–Kier alpha value is -3.70. The van der Waals surface area contributed by atoms with E-state index in [2.05, 4.69) is 15.3 Å². The first kappa shape index (κ1) is 24.0. The van der Waals surface area contributed by atoms with E-state index in [0.29, 0.717) is 48.0 Å². The SMILES string of the molecule is Cc1c(-c2cc3cc(NC(=O)OC4CCOCC4)ncc3c(Cl)c2F)cnc2c1N(C(=O)O)CCO2. The van der Waals surface area contributed by atoms with E-state index >= 15 is 4.39 Å². The Morgan fingerprint density at radius 1 is 1.19 bits per heavy atom. The molecule has 0 spiro atoms. The number of pyridine rings is 2. The van der Waals surface area contributed by atoms with Crippen LogP contribution < -0.4 is 15.0 Å². The minimum atomic E-state index is -1.16. The first-order valence-electron chi connectivity index (χ1n) is 11.3. The lowest BCUT2D eigenvalue weighted by Crippen LogP contribution is -2.37. The number of hydrogen-bond donors (Lipinski definition) is 2. The predicted octanol–water partition coefficient (Wildman–Crippen LogP) is 5.00. The van der Waals surface area contributed by atoms with Crippen molar-refractivity contribution in [2.24, 2.45) is 0 Å². The summed E-state index contributed by atoms with van der Waals surface area (Å²) in [5.74, 6) is -0.330. The Bertz CT molecular complexity index is 1360. The highest BCUT2D eigenvalue weighted by Gasteiger charge is 2.29. The van der Waals surface area contributed by atoms with Gasteiger partial charge in [-0.1, -0.05) is 11.6 Å². The molecular formula is C24H22ClFN4O6. The van der Waals surface area contributed by atoms with Gasteiger partial charge in [0.1, 0.15) is 30.0 Å². The van der Waals surface area contributed by atoms with Crippen molar-refractivity contribution in [2.45, 2.75) is 25.9 Å². The zero-order valence-corrected chi connectivity index (χ0v) is 20.0. The highest BCUT2D eigenvalue weighted by atomic mass is 35.5. The third-order valence-corrected chi connectivity index (χ3v) is 6.56. The zero-order chi connectivity index (χ0) is 25.4. The summed E-state index contributed by atoms with van der Waals surface area (Å²) in [6.45, 7) is 3.03. The quantitative estimate of drug-likeness (QED) is 0.498. The lowest BCUT2D eigenvalue weighted by molar-refractivity contribution is 0.00590. The molecule has 0 bridgehead atoms. The first-order valence-corrected chi connectivity index (χ1v) is 11.7. The standard InChI is InChI=1S/C24H22ClFN4O6/c1-12-16(10-28-22-21(12)30(24(32)33)4-7-35-22)15-8-13-9-18(27-11-17(13)19(25)20(15)26)29-23(31)36-14-2-5-34-6-3-14/h8-11,14H,2-7H2,1H3,(H,32,33)(H,27,29,31). The van der Waals surface area contributed by atoms with Crippen LogP contribution in [0.3, 0.4) is 0 Å². The van der Waals surface area contributed by atoms with Crippen molar-refractivity contribution < 1.29 is 33.3 Å². The Balaban J connectivity index is 1.50. The van der Waals surface area contributed by atoms with E-state index in [1.54, 1.807) is 19.1 Å². The lowest BCUT2D eigenvalue weighted by Gasteiger charge is -2.28. The van der Waals surface area contributed by atoms with Crippen LogP contribution in [0.5, 0.6) is 5.88 Å². The number of benzene rings is 1. The van der Waals surface area contributed by atoms with Crippen LogP contribution in [0.2, 0.25) is 5.02 Å². The van der Waals surface area contributed by atoms with Crippen molar-refractivity contribution in [3.8, 4) is 17.0 Å². The third-order valence-electron chi connectivity index (χ3n) is 6.19.